The molecule has 0 fully saturated rings. The first-order chi connectivity index (χ1) is 33.0. The molecule has 0 amide bonds. The molecule has 0 aromatic rings. The zero-order valence-corrected chi connectivity index (χ0v) is 42.3. The third-order valence-corrected chi connectivity index (χ3v) is 10.1. The van der Waals surface area contributed by atoms with E-state index < -0.39 is 12.1 Å². The predicted molar refractivity (Wildman–Crippen MR) is 288 cm³/mol. The number of carbonyl (C=O) groups excluding carboxylic acids is 3. The number of ether oxygens (including phenoxy) is 3. The van der Waals surface area contributed by atoms with Crippen LogP contribution in [0, 0.1) is 0 Å². The van der Waals surface area contributed by atoms with Crippen LogP contribution in [0.15, 0.2) is 158 Å². The molecule has 372 valence electrons. The van der Waals surface area contributed by atoms with E-state index in [1.54, 1.807) is 0 Å². The van der Waals surface area contributed by atoms with Gasteiger partial charge in [0.15, 0.2) is 6.10 Å². The number of carbonyl (C=O) groups is 3. The SMILES string of the molecule is CC\C=C/C=C\C=C/C=C\CCCCCC(=O)OCC(COC(=O)CC/C=C\C/C=C\C/C=C\C/C=C\C/C=C\C/C=C\CC)OC(=O)CCC/C=C\C/C=C\C/C=C\CCCCCCCC. The van der Waals surface area contributed by atoms with Gasteiger partial charge in [-0.25, -0.2) is 0 Å². The molecule has 6 nitrogen and oxygen atoms in total. The van der Waals surface area contributed by atoms with Gasteiger partial charge in [-0.1, -0.05) is 217 Å². The van der Waals surface area contributed by atoms with Gasteiger partial charge in [-0.15, -0.1) is 0 Å². The van der Waals surface area contributed by atoms with Crippen molar-refractivity contribution in [2.75, 3.05) is 13.2 Å². The van der Waals surface area contributed by atoms with E-state index in [4.69, 9.17) is 14.2 Å². The average molecular weight is 921 g/mol. The van der Waals surface area contributed by atoms with Gasteiger partial charge < -0.3 is 14.2 Å². The van der Waals surface area contributed by atoms with Gasteiger partial charge in [0.2, 0.25) is 0 Å². The maximum absolute atomic E-state index is 12.8. The van der Waals surface area contributed by atoms with Gasteiger partial charge in [0, 0.05) is 19.3 Å². The number of rotatable bonds is 44. The number of hydrogen-bond donors (Lipinski definition) is 0. The van der Waals surface area contributed by atoms with Crippen LogP contribution in [0.4, 0.5) is 0 Å². The maximum Gasteiger partial charge on any atom is 0.306 e. The van der Waals surface area contributed by atoms with Crippen LogP contribution < -0.4 is 0 Å². The molecule has 0 aliphatic carbocycles. The van der Waals surface area contributed by atoms with Gasteiger partial charge in [-0.05, 0) is 109 Å². The molecule has 6 heteroatoms. The normalized spacial score (nSPS) is 13.4. The molecule has 0 saturated heterocycles. The van der Waals surface area contributed by atoms with Crippen molar-refractivity contribution in [3.8, 4) is 0 Å². The second-order valence-corrected chi connectivity index (χ2v) is 16.4. The maximum atomic E-state index is 12.8. The second kappa shape index (κ2) is 53.6. The summed E-state index contributed by atoms with van der Waals surface area (Å²) in [6.07, 6.45) is 78.2. The van der Waals surface area contributed by atoms with Crippen molar-refractivity contribution in [3.05, 3.63) is 158 Å². The van der Waals surface area contributed by atoms with Gasteiger partial charge in [0.1, 0.15) is 13.2 Å². The molecular formula is C61H92O6. The minimum absolute atomic E-state index is 0.150. The summed E-state index contributed by atoms with van der Waals surface area (Å²) < 4.78 is 16.6. The van der Waals surface area contributed by atoms with Gasteiger partial charge >= 0.3 is 17.9 Å². The molecule has 0 aromatic heterocycles. The molecule has 0 N–H and O–H groups in total. The van der Waals surface area contributed by atoms with E-state index in [2.05, 4.69) is 130 Å². The first kappa shape index (κ1) is 62.0. The largest absolute Gasteiger partial charge is 0.462 e. The van der Waals surface area contributed by atoms with Gasteiger partial charge in [0.25, 0.3) is 0 Å². The van der Waals surface area contributed by atoms with Crippen molar-refractivity contribution in [2.24, 2.45) is 0 Å². The standard InChI is InChI=1S/C61H92O6/c1-4-7-10-13-16-19-22-25-27-29-30-32-33-36-39-42-45-48-51-54-60(63)66-57-58(56-65-59(62)53-50-47-44-41-38-35-24-21-18-15-12-9-6-3)67-61(64)55-52-49-46-43-40-37-34-31-28-26-23-20-17-14-11-8-5-2/h7,9-10,12,15-16,18-19,21,24-28,30,32,34-39,43,45-46,48,58H,4-6,8,11,13-14,17,20,22-23,29,31,33,40-42,44,47,49-57H2,1-3H3/b10-7-,12-9-,18-15-,19-16-,24-21-,27-25-,28-26-,32-30-,37-34-,38-35-,39-36-,46-43-,48-45-. The minimum Gasteiger partial charge on any atom is -0.462 e. The molecule has 0 bridgehead atoms. The van der Waals surface area contributed by atoms with Gasteiger partial charge in [-0.3, -0.25) is 14.4 Å². The predicted octanol–water partition coefficient (Wildman–Crippen LogP) is 17.4. The molecule has 0 heterocycles. The highest BCUT2D eigenvalue weighted by Crippen LogP contribution is 2.10. The van der Waals surface area contributed by atoms with Crippen LogP contribution in [0.2, 0.25) is 0 Å². The van der Waals surface area contributed by atoms with E-state index in [-0.39, 0.29) is 44.4 Å². The summed E-state index contributed by atoms with van der Waals surface area (Å²) in [4.78, 5) is 37.9. The summed E-state index contributed by atoms with van der Waals surface area (Å²) in [5, 5.41) is 0. The summed E-state index contributed by atoms with van der Waals surface area (Å²) in [6, 6.07) is 0. The third kappa shape index (κ3) is 51.9. The van der Waals surface area contributed by atoms with E-state index >= 15 is 0 Å². The number of unbranched alkanes of at least 4 members (excludes halogenated alkanes) is 10. The van der Waals surface area contributed by atoms with Crippen LogP contribution in [0.5, 0.6) is 0 Å². The number of hydrogen-bond acceptors (Lipinski definition) is 6. The van der Waals surface area contributed by atoms with E-state index in [1.807, 2.05) is 48.6 Å². The van der Waals surface area contributed by atoms with Gasteiger partial charge in [-0.2, -0.15) is 0 Å². The first-order valence-corrected chi connectivity index (χ1v) is 26.0. The Bertz CT molecular complexity index is 1570. The Labute approximate surface area is 409 Å². The molecular weight excluding hydrogens is 829 g/mol. The molecule has 1 unspecified atom stereocenters. The van der Waals surface area contributed by atoms with E-state index in [0.29, 0.717) is 19.3 Å². The topological polar surface area (TPSA) is 78.9 Å². The highest BCUT2D eigenvalue weighted by molar-refractivity contribution is 5.71. The van der Waals surface area contributed by atoms with Crippen LogP contribution in [-0.2, 0) is 28.6 Å². The van der Waals surface area contributed by atoms with Crippen molar-refractivity contribution >= 4 is 17.9 Å². The van der Waals surface area contributed by atoms with Crippen molar-refractivity contribution in [1.29, 1.82) is 0 Å². The molecule has 0 aromatic carbocycles. The second-order valence-electron chi connectivity index (χ2n) is 16.4. The fraction of sp³-hybridized carbons (Fsp3) is 0.525. The Balaban J connectivity index is 4.66. The molecule has 67 heavy (non-hydrogen) atoms. The Morgan fingerprint density at radius 2 is 0.701 bits per heavy atom. The van der Waals surface area contributed by atoms with Crippen LogP contribution >= 0.6 is 0 Å². The lowest BCUT2D eigenvalue weighted by Gasteiger charge is -2.18. The molecule has 0 saturated carbocycles. The lowest BCUT2D eigenvalue weighted by Crippen LogP contribution is -2.30. The number of allylic oxidation sites excluding steroid dienone is 26. The Morgan fingerprint density at radius 3 is 1.22 bits per heavy atom. The zero-order valence-electron chi connectivity index (χ0n) is 42.3. The molecule has 1 atom stereocenters. The van der Waals surface area contributed by atoms with Crippen LogP contribution in [0.3, 0.4) is 0 Å². The summed E-state index contributed by atoms with van der Waals surface area (Å²) in [7, 11) is 0. The molecule has 0 rings (SSSR count). The average Bonchev–Trinajstić information content (AvgIpc) is 3.33. The quantitative estimate of drug-likeness (QED) is 0.0199. The third-order valence-electron chi connectivity index (χ3n) is 10.1. The monoisotopic (exact) mass is 921 g/mol. The Kier molecular flexibility index (Phi) is 49.7. The minimum atomic E-state index is -0.859. The fourth-order valence-corrected chi connectivity index (χ4v) is 6.26. The molecule has 0 radical (unpaired) electrons. The van der Waals surface area contributed by atoms with E-state index in [9.17, 15) is 14.4 Å². The molecule has 0 spiro atoms. The van der Waals surface area contributed by atoms with Crippen molar-refractivity contribution in [3.63, 3.8) is 0 Å². The highest BCUT2D eigenvalue weighted by atomic mass is 16.6. The Hall–Kier alpha value is -4.97. The molecule has 0 aliphatic rings. The van der Waals surface area contributed by atoms with Crippen molar-refractivity contribution < 1.29 is 28.6 Å². The van der Waals surface area contributed by atoms with Crippen molar-refractivity contribution in [1.82, 2.24) is 0 Å². The van der Waals surface area contributed by atoms with Crippen LogP contribution in [0.1, 0.15) is 188 Å². The lowest BCUT2D eigenvalue weighted by atomic mass is 10.1. The van der Waals surface area contributed by atoms with Crippen LogP contribution in [0.25, 0.3) is 0 Å². The number of esters is 3. The zero-order chi connectivity index (χ0) is 48.6. The lowest BCUT2D eigenvalue weighted by molar-refractivity contribution is -0.166. The van der Waals surface area contributed by atoms with Gasteiger partial charge in [0.05, 0.1) is 0 Å². The van der Waals surface area contributed by atoms with E-state index in [1.165, 1.54) is 44.9 Å². The Morgan fingerprint density at radius 1 is 0.328 bits per heavy atom. The summed E-state index contributed by atoms with van der Waals surface area (Å²) in [5.41, 5.74) is 0. The summed E-state index contributed by atoms with van der Waals surface area (Å²) >= 11 is 0. The highest BCUT2D eigenvalue weighted by Gasteiger charge is 2.19. The fourth-order valence-electron chi connectivity index (χ4n) is 6.26. The first-order valence-electron chi connectivity index (χ1n) is 26.0. The van der Waals surface area contributed by atoms with Crippen LogP contribution in [-0.4, -0.2) is 37.2 Å². The summed E-state index contributed by atoms with van der Waals surface area (Å²) in [5.74, 6) is -1.14. The van der Waals surface area contributed by atoms with Crippen molar-refractivity contribution in [2.45, 2.75) is 194 Å². The molecule has 0 aliphatic heterocycles. The smallest absolute Gasteiger partial charge is 0.306 e. The summed E-state index contributed by atoms with van der Waals surface area (Å²) in [6.45, 7) is 6.20. The van der Waals surface area contributed by atoms with E-state index in [0.717, 1.165) is 83.5 Å².